The molecule has 0 bridgehead atoms. The number of rotatable bonds is 2. The van der Waals surface area contributed by atoms with Gasteiger partial charge >= 0.3 is 0 Å². The summed E-state index contributed by atoms with van der Waals surface area (Å²) in [6.45, 7) is 0.338. The lowest BCUT2D eigenvalue weighted by molar-refractivity contribution is -0.120. The molecule has 98 valence electrons. The van der Waals surface area contributed by atoms with Gasteiger partial charge in [-0.05, 0) is 24.5 Å². The van der Waals surface area contributed by atoms with Crippen molar-refractivity contribution < 1.29 is 18.3 Å². The van der Waals surface area contributed by atoms with Crippen molar-refractivity contribution in [2.45, 2.75) is 18.5 Å². The van der Waals surface area contributed by atoms with E-state index in [0.717, 1.165) is 5.56 Å². The summed E-state index contributed by atoms with van der Waals surface area (Å²) in [6.07, 6.45) is 1.37. The van der Waals surface area contributed by atoms with Gasteiger partial charge in [0.1, 0.15) is 0 Å². The van der Waals surface area contributed by atoms with Crippen molar-refractivity contribution in [2.75, 3.05) is 18.6 Å². The van der Waals surface area contributed by atoms with Gasteiger partial charge in [0.05, 0.1) is 12.8 Å². The zero-order valence-electron chi connectivity index (χ0n) is 9.75. The van der Waals surface area contributed by atoms with E-state index >= 15 is 0 Å². The van der Waals surface area contributed by atoms with Crippen molar-refractivity contribution in [1.82, 2.24) is 0 Å². The SMILES string of the molecule is COc1cc2c(cc1F)N(C(=O)C(F)Cl)CCC2. The summed E-state index contributed by atoms with van der Waals surface area (Å²) < 4.78 is 31.4. The van der Waals surface area contributed by atoms with Crippen molar-refractivity contribution in [1.29, 1.82) is 0 Å². The average Bonchev–Trinajstić information content (AvgIpc) is 2.36. The van der Waals surface area contributed by atoms with E-state index in [2.05, 4.69) is 0 Å². The van der Waals surface area contributed by atoms with Crippen molar-refractivity contribution in [3.63, 3.8) is 0 Å². The Bertz CT molecular complexity index is 479. The number of anilines is 1. The topological polar surface area (TPSA) is 29.5 Å². The molecule has 0 fully saturated rings. The molecule has 1 amide bonds. The van der Waals surface area contributed by atoms with Crippen LogP contribution >= 0.6 is 11.6 Å². The zero-order valence-corrected chi connectivity index (χ0v) is 10.5. The highest BCUT2D eigenvalue weighted by Gasteiger charge is 2.28. The van der Waals surface area contributed by atoms with Gasteiger partial charge in [0.15, 0.2) is 11.6 Å². The molecule has 1 unspecified atom stereocenters. The van der Waals surface area contributed by atoms with Crippen LogP contribution < -0.4 is 9.64 Å². The third-order valence-corrected chi connectivity index (χ3v) is 3.11. The maximum absolute atomic E-state index is 13.6. The van der Waals surface area contributed by atoms with Gasteiger partial charge in [-0.15, -0.1) is 0 Å². The summed E-state index contributed by atoms with van der Waals surface area (Å²) >= 11 is 5.15. The standard InChI is InChI=1S/C12H12ClF2NO2/c1-18-10-5-7-3-2-4-16(12(17)11(13)15)9(7)6-8(10)14/h5-6,11H,2-4H2,1H3. The largest absolute Gasteiger partial charge is 0.494 e. The van der Waals surface area contributed by atoms with E-state index in [4.69, 9.17) is 16.3 Å². The van der Waals surface area contributed by atoms with Gasteiger partial charge in [0.25, 0.3) is 11.5 Å². The number of alkyl halides is 2. The number of halogens is 3. The second-order valence-electron chi connectivity index (χ2n) is 4.01. The quantitative estimate of drug-likeness (QED) is 0.777. The molecule has 0 aromatic heterocycles. The Morgan fingerprint density at radius 1 is 1.56 bits per heavy atom. The van der Waals surface area contributed by atoms with Gasteiger partial charge in [-0.2, -0.15) is 0 Å². The minimum Gasteiger partial charge on any atom is -0.494 e. The summed E-state index contributed by atoms with van der Waals surface area (Å²) in [6, 6.07) is 2.72. The van der Waals surface area contributed by atoms with Gasteiger partial charge in [-0.3, -0.25) is 4.79 Å². The first-order valence-corrected chi connectivity index (χ1v) is 5.94. The molecule has 3 nitrogen and oxygen atoms in total. The van der Waals surface area contributed by atoms with Crippen LogP contribution in [-0.4, -0.2) is 25.2 Å². The molecule has 1 aromatic rings. The maximum Gasteiger partial charge on any atom is 0.277 e. The Hall–Kier alpha value is -1.36. The number of methoxy groups -OCH3 is 1. The van der Waals surface area contributed by atoms with Gasteiger partial charge < -0.3 is 9.64 Å². The minimum atomic E-state index is -2.11. The number of hydrogen-bond donors (Lipinski definition) is 0. The van der Waals surface area contributed by atoms with Crippen LogP contribution in [0.15, 0.2) is 12.1 Å². The molecule has 1 atom stereocenters. The monoisotopic (exact) mass is 275 g/mol. The fraction of sp³-hybridized carbons (Fsp3) is 0.417. The van der Waals surface area contributed by atoms with E-state index in [1.54, 1.807) is 0 Å². The molecule has 0 spiro atoms. The van der Waals surface area contributed by atoms with E-state index in [1.807, 2.05) is 0 Å². The fourth-order valence-corrected chi connectivity index (χ4v) is 2.21. The predicted octanol–water partition coefficient (Wildman–Crippen LogP) is 2.65. The first-order valence-electron chi connectivity index (χ1n) is 5.50. The molecule has 1 aromatic carbocycles. The summed E-state index contributed by atoms with van der Waals surface area (Å²) in [5.41, 5.74) is -0.987. The van der Waals surface area contributed by atoms with E-state index in [-0.39, 0.29) is 5.75 Å². The molecule has 1 aliphatic rings. The van der Waals surface area contributed by atoms with Crippen LogP contribution in [0.25, 0.3) is 0 Å². The van der Waals surface area contributed by atoms with Crippen molar-refractivity contribution >= 4 is 23.2 Å². The number of benzene rings is 1. The molecule has 0 aliphatic carbocycles. The average molecular weight is 276 g/mol. The van der Waals surface area contributed by atoms with Crippen LogP contribution in [0.2, 0.25) is 0 Å². The van der Waals surface area contributed by atoms with E-state index in [1.165, 1.54) is 24.1 Å². The molecule has 1 heterocycles. The van der Waals surface area contributed by atoms with E-state index < -0.39 is 17.4 Å². The lowest BCUT2D eigenvalue weighted by Crippen LogP contribution is -2.39. The second-order valence-corrected chi connectivity index (χ2v) is 4.39. The number of hydrogen-bond acceptors (Lipinski definition) is 2. The molecule has 6 heteroatoms. The number of fused-ring (bicyclic) bond motifs is 1. The van der Waals surface area contributed by atoms with Crippen molar-refractivity contribution in [3.05, 3.63) is 23.5 Å². The van der Waals surface area contributed by atoms with Crippen LogP contribution in [-0.2, 0) is 11.2 Å². The smallest absolute Gasteiger partial charge is 0.277 e. The zero-order chi connectivity index (χ0) is 13.3. The number of amides is 1. The number of aryl methyl sites for hydroxylation is 1. The molecule has 0 saturated carbocycles. The highest BCUT2D eigenvalue weighted by molar-refractivity contribution is 6.31. The Morgan fingerprint density at radius 2 is 2.28 bits per heavy atom. The third-order valence-electron chi connectivity index (χ3n) is 2.92. The first kappa shape index (κ1) is 13.1. The van der Waals surface area contributed by atoms with Crippen molar-refractivity contribution in [3.8, 4) is 5.75 Å². The van der Waals surface area contributed by atoms with Crippen LogP contribution in [0.1, 0.15) is 12.0 Å². The Balaban J connectivity index is 2.43. The lowest BCUT2D eigenvalue weighted by atomic mass is 10.0. The highest BCUT2D eigenvalue weighted by Crippen LogP contribution is 2.33. The molecule has 1 aliphatic heterocycles. The molecule has 0 radical (unpaired) electrons. The number of ether oxygens (including phenoxy) is 1. The van der Waals surface area contributed by atoms with Gasteiger partial charge in [0, 0.05) is 12.6 Å². The first-order chi connectivity index (χ1) is 8.54. The minimum absolute atomic E-state index is 0.116. The van der Waals surface area contributed by atoms with Gasteiger partial charge in [-0.25, -0.2) is 8.78 Å². The van der Waals surface area contributed by atoms with Crippen molar-refractivity contribution in [2.24, 2.45) is 0 Å². The van der Waals surface area contributed by atoms with E-state index in [0.29, 0.717) is 25.1 Å². The van der Waals surface area contributed by atoms with Gasteiger partial charge in [0.2, 0.25) is 0 Å². The van der Waals surface area contributed by atoms with Crippen LogP contribution in [0.3, 0.4) is 0 Å². The van der Waals surface area contributed by atoms with Crippen LogP contribution in [0, 0.1) is 5.82 Å². The summed E-state index contributed by atoms with van der Waals surface area (Å²) in [5.74, 6) is -1.33. The van der Waals surface area contributed by atoms with E-state index in [9.17, 15) is 13.6 Å². The summed E-state index contributed by atoms with van der Waals surface area (Å²) in [7, 11) is 1.37. The summed E-state index contributed by atoms with van der Waals surface area (Å²) in [5, 5.41) is 0. The Labute approximate surface area is 108 Å². The molecule has 0 N–H and O–H groups in total. The Morgan fingerprint density at radius 3 is 2.89 bits per heavy atom. The number of carbonyl (C=O) groups excluding carboxylic acids is 1. The predicted molar refractivity (Wildman–Crippen MR) is 64.4 cm³/mol. The molecule has 0 saturated heterocycles. The van der Waals surface area contributed by atoms with Crippen LogP contribution in [0.5, 0.6) is 5.75 Å². The highest BCUT2D eigenvalue weighted by atomic mass is 35.5. The molecular formula is C12H12ClF2NO2. The number of carbonyl (C=O) groups is 1. The maximum atomic E-state index is 13.6. The van der Waals surface area contributed by atoms with Crippen LogP contribution in [0.4, 0.5) is 14.5 Å². The second kappa shape index (κ2) is 5.10. The normalized spacial score (nSPS) is 16.1. The Kier molecular flexibility index (Phi) is 3.71. The molecular weight excluding hydrogens is 264 g/mol. The summed E-state index contributed by atoms with van der Waals surface area (Å²) in [4.78, 5) is 12.8. The third kappa shape index (κ3) is 2.27. The van der Waals surface area contributed by atoms with Gasteiger partial charge in [-0.1, -0.05) is 11.6 Å². The fourth-order valence-electron chi connectivity index (χ4n) is 2.09. The molecule has 18 heavy (non-hydrogen) atoms. The lowest BCUT2D eigenvalue weighted by Gasteiger charge is -2.29. The molecule has 2 rings (SSSR count). The number of nitrogens with zero attached hydrogens (tertiary/aromatic N) is 1.